The fourth-order valence-corrected chi connectivity index (χ4v) is 2.38. The highest BCUT2D eigenvalue weighted by molar-refractivity contribution is 5.74. The minimum Gasteiger partial charge on any atom is -0.480 e. The fourth-order valence-electron chi connectivity index (χ4n) is 2.38. The van der Waals surface area contributed by atoms with Gasteiger partial charge in [0.05, 0.1) is 32.0 Å². The summed E-state index contributed by atoms with van der Waals surface area (Å²) < 4.78 is 16.0. The van der Waals surface area contributed by atoms with E-state index in [1.54, 1.807) is 4.90 Å². The highest BCUT2D eigenvalue weighted by Crippen LogP contribution is 2.13. The van der Waals surface area contributed by atoms with E-state index < -0.39 is 5.97 Å². The summed E-state index contributed by atoms with van der Waals surface area (Å²) in [7, 11) is 0. The molecule has 0 radical (unpaired) electrons. The highest BCUT2D eigenvalue weighted by atomic mass is 16.6. The van der Waals surface area contributed by atoms with Gasteiger partial charge in [0.25, 0.3) is 0 Å². The third-order valence-electron chi connectivity index (χ3n) is 3.54. The van der Waals surface area contributed by atoms with Crippen LogP contribution in [0.4, 0.5) is 4.79 Å². The first kappa shape index (κ1) is 16.0. The number of piperidine rings is 1. The van der Waals surface area contributed by atoms with Gasteiger partial charge in [-0.2, -0.15) is 0 Å². The quantitative estimate of drug-likeness (QED) is 0.722. The van der Waals surface area contributed by atoms with Gasteiger partial charge in [-0.05, 0) is 12.8 Å². The molecule has 0 bridgehead atoms. The van der Waals surface area contributed by atoms with Crippen molar-refractivity contribution in [3.05, 3.63) is 0 Å². The summed E-state index contributed by atoms with van der Waals surface area (Å²) >= 11 is 0. The number of amides is 2. The van der Waals surface area contributed by atoms with Crippen LogP contribution in [0.3, 0.4) is 0 Å². The zero-order chi connectivity index (χ0) is 15.1. The number of nitrogens with zero attached hydrogens (tertiary/aromatic N) is 1. The molecule has 2 amide bonds. The number of aliphatic carboxylic acids is 1. The van der Waals surface area contributed by atoms with E-state index in [0.29, 0.717) is 52.3 Å². The summed E-state index contributed by atoms with van der Waals surface area (Å²) in [6, 6.07) is -0.124. The molecule has 0 aromatic rings. The molecule has 0 spiro atoms. The van der Waals surface area contributed by atoms with Gasteiger partial charge in [0.2, 0.25) is 0 Å². The van der Waals surface area contributed by atoms with Crippen molar-refractivity contribution in [2.24, 2.45) is 0 Å². The maximum absolute atomic E-state index is 12.0. The first-order valence-electron chi connectivity index (χ1n) is 7.20. The van der Waals surface area contributed by atoms with Gasteiger partial charge in [-0.15, -0.1) is 0 Å². The van der Waals surface area contributed by atoms with E-state index in [2.05, 4.69) is 5.32 Å². The van der Waals surface area contributed by atoms with E-state index in [1.165, 1.54) is 0 Å². The first-order chi connectivity index (χ1) is 10.1. The Bertz CT molecular complexity index is 351. The minimum atomic E-state index is -0.968. The maximum atomic E-state index is 12.0. The van der Waals surface area contributed by atoms with Crippen molar-refractivity contribution in [3.63, 3.8) is 0 Å². The zero-order valence-electron chi connectivity index (χ0n) is 12.0. The number of hydrogen-bond donors (Lipinski definition) is 2. The lowest BCUT2D eigenvalue weighted by molar-refractivity contribution is -0.145. The molecule has 8 heteroatoms. The molecule has 0 aromatic carbocycles. The van der Waals surface area contributed by atoms with Gasteiger partial charge in [0.1, 0.15) is 6.61 Å². The number of carboxylic acid groups (broad SMARTS) is 1. The van der Waals surface area contributed by atoms with E-state index in [1.807, 2.05) is 0 Å². The van der Waals surface area contributed by atoms with Crippen LogP contribution in [0.15, 0.2) is 0 Å². The van der Waals surface area contributed by atoms with Crippen LogP contribution in [0.25, 0.3) is 0 Å². The number of likely N-dealkylation sites (tertiary alicyclic amines) is 1. The Balaban J connectivity index is 1.62. The molecule has 21 heavy (non-hydrogen) atoms. The van der Waals surface area contributed by atoms with Crippen LogP contribution in [0.2, 0.25) is 0 Å². The van der Waals surface area contributed by atoms with Gasteiger partial charge in [-0.1, -0.05) is 0 Å². The topological polar surface area (TPSA) is 97.3 Å². The third-order valence-corrected chi connectivity index (χ3v) is 3.54. The molecule has 2 rings (SSSR count). The number of carbonyl (C=O) groups excluding carboxylic acids is 1. The normalized spacial score (nSPS) is 23.8. The number of nitrogens with one attached hydrogen (secondary N) is 1. The van der Waals surface area contributed by atoms with Crippen LogP contribution in [0.5, 0.6) is 0 Å². The van der Waals surface area contributed by atoms with Crippen molar-refractivity contribution in [1.29, 1.82) is 0 Å². The first-order valence-corrected chi connectivity index (χ1v) is 7.20. The number of rotatable bonds is 5. The predicted octanol–water partition coefficient (Wildman–Crippen LogP) is -0.323. The minimum absolute atomic E-state index is 0.0831. The van der Waals surface area contributed by atoms with E-state index in [-0.39, 0.29) is 24.8 Å². The van der Waals surface area contributed by atoms with Crippen LogP contribution in [0, 0.1) is 0 Å². The zero-order valence-corrected chi connectivity index (χ0v) is 12.0. The summed E-state index contributed by atoms with van der Waals surface area (Å²) in [5.41, 5.74) is 0. The van der Waals surface area contributed by atoms with Gasteiger partial charge in [0, 0.05) is 19.6 Å². The summed E-state index contributed by atoms with van der Waals surface area (Å²) in [5, 5.41) is 11.4. The molecule has 8 nitrogen and oxygen atoms in total. The number of urea groups is 1. The van der Waals surface area contributed by atoms with Gasteiger partial charge in [-0.25, -0.2) is 9.59 Å². The molecule has 120 valence electrons. The van der Waals surface area contributed by atoms with Crippen LogP contribution in [-0.4, -0.2) is 80.3 Å². The molecular formula is C13H22N2O6. The smallest absolute Gasteiger partial charge is 0.329 e. The summed E-state index contributed by atoms with van der Waals surface area (Å²) in [6.45, 7) is 2.97. The number of hydrogen-bond acceptors (Lipinski definition) is 5. The van der Waals surface area contributed by atoms with Crippen molar-refractivity contribution >= 4 is 12.0 Å². The molecule has 2 N–H and O–H groups in total. The SMILES string of the molecule is O=C(O)COC1CCN(C(=O)NCC2COCCO2)CC1. The second kappa shape index (κ2) is 8.16. The van der Waals surface area contributed by atoms with Crippen molar-refractivity contribution in [3.8, 4) is 0 Å². The highest BCUT2D eigenvalue weighted by Gasteiger charge is 2.24. The molecule has 2 saturated heterocycles. The van der Waals surface area contributed by atoms with Gasteiger partial charge in [-0.3, -0.25) is 0 Å². The van der Waals surface area contributed by atoms with Crippen molar-refractivity contribution < 1.29 is 28.9 Å². The van der Waals surface area contributed by atoms with Gasteiger partial charge < -0.3 is 29.5 Å². The maximum Gasteiger partial charge on any atom is 0.329 e. The lowest BCUT2D eigenvalue weighted by Gasteiger charge is -2.32. The second-order valence-electron chi connectivity index (χ2n) is 5.14. The number of carboxylic acids is 1. The number of carbonyl (C=O) groups is 2. The lowest BCUT2D eigenvalue weighted by Crippen LogP contribution is -2.49. The van der Waals surface area contributed by atoms with Gasteiger partial charge >= 0.3 is 12.0 Å². The Morgan fingerprint density at radius 1 is 1.29 bits per heavy atom. The molecule has 2 aliphatic heterocycles. The second-order valence-corrected chi connectivity index (χ2v) is 5.14. The molecule has 2 aliphatic rings. The van der Waals surface area contributed by atoms with E-state index in [0.717, 1.165) is 0 Å². The van der Waals surface area contributed by atoms with Crippen LogP contribution in [0.1, 0.15) is 12.8 Å². The lowest BCUT2D eigenvalue weighted by atomic mass is 10.1. The average Bonchev–Trinajstić information content (AvgIpc) is 2.52. The molecule has 1 unspecified atom stereocenters. The van der Waals surface area contributed by atoms with Crippen molar-refractivity contribution in [2.45, 2.75) is 25.0 Å². The molecule has 0 aromatic heterocycles. The van der Waals surface area contributed by atoms with E-state index in [9.17, 15) is 9.59 Å². The van der Waals surface area contributed by atoms with E-state index in [4.69, 9.17) is 19.3 Å². The Labute approximate surface area is 123 Å². The molecule has 0 saturated carbocycles. The van der Waals surface area contributed by atoms with E-state index >= 15 is 0 Å². The third kappa shape index (κ3) is 5.49. The summed E-state index contributed by atoms with van der Waals surface area (Å²) in [4.78, 5) is 24.1. The van der Waals surface area contributed by atoms with Crippen LogP contribution in [-0.2, 0) is 19.0 Å². The Hall–Kier alpha value is -1.38. The summed E-state index contributed by atoms with van der Waals surface area (Å²) in [5.74, 6) is -0.968. The molecule has 1 atom stereocenters. The van der Waals surface area contributed by atoms with Gasteiger partial charge in [0.15, 0.2) is 0 Å². The standard InChI is InChI=1S/C13H22N2O6/c16-12(17)9-21-10-1-3-15(4-2-10)13(18)14-7-11-8-19-5-6-20-11/h10-11H,1-9H2,(H,14,18)(H,16,17). The average molecular weight is 302 g/mol. The number of ether oxygens (including phenoxy) is 3. The summed E-state index contributed by atoms with van der Waals surface area (Å²) in [6.07, 6.45) is 1.15. The van der Waals surface area contributed by atoms with Crippen molar-refractivity contribution in [2.75, 3.05) is 46.1 Å². The van der Waals surface area contributed by atoms with Crippen molar-refractivity contribution in [1.82, 2.24) is 10.2 Å². The predicted molar refractivity (Wildman–Crippen MR) is 72.1 cm³/mol. The van der Waals surface area contributed by atoms with Crippen LogP contribution >= 0.6 is 0 Å². The van der Waals surface area contributed by atoms with Crippen LogP contribution < -0.4 is 5.32 Å². The Morgan fingerprint density at radius 3 is 2.67 bits per heavy atom. The Kier molecular flexibility index (Phi) is 6.21. The monoisotopic (exact) mass is 302 g/mol. The molecule has 2 fully saturated rings. The largest absolute Gasteiger partial charge is 0.480 e. The fraction of sp³-hybridized carbons (Fsp3) is 0.846. The molecular weight excluding hydrogens is 280 g/mol. The molecule has 2 heterocycles. The Morgan fingerprint density at radius 2 is 2.05 bits per heavy atom. The molecule has 0 aliphatic carbocycles.